The van der Waals surface area contributed by atoms with Crippen LogP contribution in [-0.4, -0.2) is 0 Å². The van der Waals surface area contributed by atoms with Gasteiger partial charge in [0.2, 0.25) is 0 Å². The second-order valence-electron chi connectivity index (χ2n) is 10.2. The monoisotopic (exact) mass is 376 g/mol. The van der Waals surface area contributed by atoms with Gasteiger partial charge in [0, 0.05) is 16.2 Å². The lowest BCUT2D eigenvalue weighted by Crippen LogP contribution is -2.55. The van der Waals surface area contributed by atoms with Crippen LogP contribution in [0.4, 0.5) is 0 Å². The van der Waals surface area contributed by atoms with Crippen LogP contribution in [-0.2, 0) is 5.41 Å². The fourth-order valence-corrected chi connectivity index (χ4v) is 8.46. The van der Waals surface area contributed by atoms with Gasteiger partial charge in [-0.15, -0.1) is 0 Å². The maximum Gasteiger partial charge on any atom is 0.135 e. The molecular weight excluding hydrogens is 352 g/mol. The molecule has 0 atom stereocenters. The zero-order chi connectivity index (χ0) is 18.7. The van der Waals surface area contributed by atoms with Crippen molar-refractivity contribution in [2.75, 3.05) is 0 Å². The summed E-state index contributed by atoms with van der Waals surface area (Å²) in [5.41, 5.74) is 8.52. The molecule has 0 amide bonds. The van der Waals surface area contributed by atoms with Crippen molar-refractivity contribution < 1.29 is 4.42 Å². The van der Waals surface area contributed by atoms with E-state index in [1.807, 2.05) is 0 Å². The SMILES string of the molecule is c1ccc2c(c1)-c1ccc3oc4ccccc4c3c1C21C2CC3CC(C2)CC1C3. The van der Waals surface area contributed by atoms with E-state index in [1.54, 1.807) is 11.1 Å². The van der Waals surface area contributed by atoms with Crippen molar-refractivity contribution in [2.45, 2.75) is 37.5 Å². The van der Waals surface area contributed by atoms with Crippen molar-refractivity contribution in [2.24, 2.45) is 23.7 Å². The average Bonchev–Trinajstić information content (AvgIpc) is 3.25. The molecule has 4 bridgehead atoms. The summed E-state index contributed by atoms with van der Waals surface area (Å²) in [5.74, 6) is 3.53. The maximum absolute atomic E-state index is 6.36. The lowest BCUT2D eigenvalue weighted by molar-refractivity contribution is -0.0393. The van der Waals surface area contributed by atoms with Gasteiger partial charge >= 0.3 is 0 Å². The highest BCUT2D eigenvalue weighted by Crippen LogP contribution is 2.70. The fourth-order valence-electron chi connectivity index (χ4n) is 8.46. The van der Waals surface area contributed by atoms with E-state index in [1.165, 1.54) is 54.0 Å². The van der Waals surface area contributed by atoms with Crippen LogP contribution in [0.3, 0.4) is 0 Å². The van der Waals surface area contributed by atoms with Gasteiger partial charge in [-0.3, -0.25) is 0 Å². The van der Waals surface area contributed by atoms with Crippen LogP contribution in [0.5, 0.6) is 0 Å². The Morgan fingerprint density at radius 2 is 1.38 bits per heavy atom. The maximum atomic E-state index is 6.36. The molecule has 5 aliphatic carbocycles. The van der Waals surface area contributed by atoms with E-state index in [4.69, 9.17) is 4.42 Å². The van der Waals surface area contributed by atoms with Crippen molar-refractivity contribution in [3.63, 3.8) is 0 Å². The third-order valence-electron chi connectivity index (χ3n) is 9.05. The number of rotatable bonds is 0. The molecule has 0 saturated heterocycles. The standard InChI is InChI=1S/C28H24O/c1-3-7-23-20(5-1)21-9-10-25-26(22-6-2-4-8-24(22)29-25)27(21)28(23)18-12-16-11-17(14-18)15-19(28)13-16/h1-10,16-19H,11-15H2. The van der Waals surface area contributed by atoms with Gasteiger partial charge in [-0.1, -0.05) is 48.5 Å². The molecule has 1 spiro atoms. The third-order valence-corrected chi connectivity index (χ3v) is 9.05. The molecule has 0 aliphatic heterocycles. The summed E-state index contributed by atoms with van der Waals surface area (Å²) in [6, 6.07) is 22.6. The van der Waals surface area contributed by atoms with Crippen LogP contribution in [0.15, 0.2) is 65.1 Å². The smallest absolute Gasteiger partial charge is 0.135 e. The lowest BCUT2D eigenvalue weighted by atomic mass is 9.43. The molecule has 9 rings (SSSR count). The first-order valence-corrected chi connectivity index (χ1v) is 11.4. The molecule has 4 saturated carbocycles. The molecule has 0 radical (unpaired) electrons. The van der Waals surface area contributed by atoms with E-state index in [0.29, 0.717) is 0 Å². The molecule has 1 aromatic heterocycles. The lowest BCUT2D eigenvalue weighted by Gasteiger charge is -2.61. The van der Waals surface area contributed by atoms with Gasteiger partial charge in [-0.05, 0) is 90.2 Å². The van der Waals surface area contributed by atoms with E-state index in [2.05, 4.69) is 60.7 Å². The minimum atomic E-state index is 0.200. The van der Waals surface area contributed by atoms with Crippen molar-refractivity contribution in [1.29, 1.82) is 0 Å². The Morgan fingerprint density at radius 3 is 2.21 bits per heavy atom. The number of hydrogen-bond donors (Lipinski definition) is 0. The van der Waals surface area contributed by atoms with Gasteiger partial charge in [-0.25, -0.2) is 0 Å². The number of hydrogen-bond acceptors (Lipinski definition) is 1. The van der Waals surface area contributed by atoms with Crippen LogP contribution in [0.25, 0.3) is 33.1 Å². The van der Waals surface area contributed by atoms with Gasteiger partial charge in [0.1, 0.15) is 11.2 Å². The molecule has 5 aliphatic rings. The predicted octanol–water partition coefficient (Wildman–Crippen LogP) is 7.31. The van der Waals surface area contributed by atoms with Gasteiger partial charge in [0.05, 0.1) is 0 Å². The van der Waals surface area contributed by atoms with Crippen molar-refractivity contribution >= 4 is 21.9 Å². The van der Waals surface area contributed by atoms with E-state index < -0.39 is 0 Å². The van der Waals surface area contributed by atoms with Crippen molar-refractivity contribution in [1.82, 2.24) is 0 Å². The number of fused-ring (bicyclic) bond motifs is 7. The van der Waals surface area contributed by atoms with Crippen LogP contribution in [0.1, 0.15) is 43.2 Å². The number of furan rings is 1. The highest BCUT2D eigenvalue weighted by atomic mass is 16.3. The summed E-state index contributed by atoms with van der Waals surface area (Å²) in [6.07, 6.45) is 7.19. The first-order valence-electron chi connectivity index (χ1n) is 11.4. The van der Waals surface area contributed by atoms with Gasteiger partial charge in [0.25, 0.3) is 0 Å². The number of para-hydroxylation sites is 1. The van der Waals surface area contributed by atoms with Crippen LogP contribution >= 0.6 is 0 Å². The highest BCUT2D eigenvalue weighted by Gasteiger charge is 2.62. The minimum Gasteiger partial charge on any atom is -0.456 e. The summed E-state index contributed by atoms with van der Waals surface area (Å²) in [4.78, 5) is 0. The van der Waals surface area contributed by atoms with Crippen LogP contribution < -0.4 is 0 Å². The molecule has 142 valence electrons. The van der Waals surface area contributed by atoms with Crippen LogP contribution in [0, 0.1) is 23.7 Å². The molecule has 29 heavy (non-hydrogen) atoms. The van der Waals surface area contributed by atoms with Crippen molar-refractivity contribution in [3.8, 4) is 11.1 Å². The van der Waals surface area contributed by atoms with E-state index in [-0.39, 0.29) is 5.41 Å². The molecule has 3 aromatic carbocycles. The van der Waals surface area contributed by atoms with Crippen molar-refractivity contribution in [3.05, 3.63) is 71.8 Å². The third kappa shape index (κ3) is 1.64. The Hall–Kier alpha value is -2.54. The molecule has 1 heterocycles. The minimum absolute atomic E-state index is 0.200. The molecule has 4 fully saturated rings. The second-order valence-corrected chi connectivity index (χ2v) is 10.2. The van der Waals surface area contributed by atoms with Gasteiger partial charge in [-0.2, -0.15) is 0 Å². The topological polar surface area (TPSA) is 13.1 Å². The normalized spacial score (nSPS) is 33.7. The molecule has 1 heteroatoms. The Morgan fingerprint density at radius 1 is 0.655 bits per heavy atom. The van der Waals surface area contributed by atoms with E-state index in [9.17, 15) is 0 Å². The Labute approximate surface area is 170 Å². The number of benzene rings is 3. The van der Waals surface area contributed by atoms with Gasteiger partial charge < -0.3 is 4.42 Å². The van der Waals surface area contributed by atoms with E-state index in [0.717, 1.165) is 34.8 Å². The zero-order valence-electron chi connectivity index (χ0n) is 16.5. The summed E-state index contributed by atoms with van der Waals surface area (Å²) >= 11 is 0. The Bertz CT molecular complexity index is 1290. The highest BCUT2D eigenvalue weighted by molar-refractivity contribution is 6.11. The molecule has 4 aromatic rings. The molecular formula is C28H24O. The quantitative estimate of drug-likeness (QED) is 0.314. The average molecular weight is 376 g/mol. The summed E-state index contributed by atoms with van der Waals surface area (Å²) in [7, 11) is 0. The molecule has 1 nitrogen and oxygen atoms in total. The van der Waals surface area contributed by atoms with Gasteiger partial charge in [0.15, 0.2) is 0 Å². The summed E-state index contributed by atoms with van der Waals surface area (Å²) < 4.78 is 6.36. The zero-order valence-corrected chi connectivity index (χ0v) is 16.5. The largest absolute Gasteiger partial charge is 0.456 e. The van der Waals surface area contributed by atoms with E-state index >= 15 is 0 Å². The first kappa shape index (κ1) is 15.3. The predicted molar refractivity (Wildman–Crippen MR) is 117 cm³/mol. The Kier molecular flexibility index (Phi) is 2.62. The second kappa shape index (κ2) is 4.95. The molecule has 0 N–H and O–H groups in total. The Balaban J connectivity index is 1.57. The van der Waals surface area contributed by atoms with Crippen LogP contribution in [0.2, 0.25) is 0 Å². The summed E-state index contributed by atoms with van der Waals surface area (Å²) in [5, 5.41) is 2.71. The fraction of sp³-hybridized carbons (Fsp3) is 0.357. The first-order chi connectivity index (χ1) is 14.3. The summed E-state index contributed by atoms with van der Waals surface area (Å²) in [6.45, 7) is 0. The molecule has 0 unspecified atom stereocenters.